The van der Waals surface area contributed by atoms with E-state index in [9.17, 15) is 0 Å². The van der Waals surface area contributed by atoms with Crippen molar-refractivity contribution in [3.63, 3.8) is 0 Å². The Bertz CT molecular complexity index is 316. The molecule has 0 radical (unpaired) electrons. The minimum Gasteiger partial charge on any atom is -0.313 e. The van der Waals surface area contributed by atoms with E-state index >= 15 is 0 Å². The highest BCUT2D eigenvalue weighted by Gasteiger charge is 2.07. The summed E-state index contributed by atoms with van der Waals surface area (Å²) >= 11 is 1.86. The smallest absolute Gasteiger partial charge is 0.138 e. The molecule has 0 fully saturated rings. The topological polar surface area (TPSA) is 37.8 Å². The Morgan fingerprint density at radius 1 is 1.12 bits per heavy atom. The number of nitrogens with one attached hydrogen (secondary N) is 1. The van der Waals surface area contributed by atoms with Gasteiger partial charge < -0.3 is 5.32 Å². The van der Waals surface area contributed by atoms with Crippen molar-refractivity contribution < 1.29 is 0 Å². The van der Waals surface area contributed by atoms with Crippen LogP contribution in [-0.2, 0) is 12.3 Å². The molecule has 0 saturated heterocycles. The van der Waals surface area contributed by atoms with Crippen molar-refractivity contribution in [1.82, 2.24) is 15.3 Å². The van der Waals surface area contributed by atoms with Crippen LogP contribution in [0.4, 0.5) is 0 Å². The summed E-state index contributed by atoms with van der Waals surface area (Å²) in [5.74, 6) is 2.99. The molecule has 3 nitrogen and oxygen atoms in total. The molecule has 0 spiro atoms. The fraction of sp³-hybridized carbons (Fsp3) is 0.667. The van der Waals surface area contributed by atoms with E-state index in [0.717, 1.165) is 41.8 Å². The van der Waals surface area contributed by atoms with E-state index in [1.165, 1.54) is 5.56 Å². The fourth-order valence-electron chi connectivity index (χ4n) is 1.57. The Balaban J connectivity index is 2.80. The third-order valence-electron chi connectivity index (χ3n) is 2.45. The van der Waals surface area contributed by atoms with Crippen LogP contribution in [0.3, 0.4) is 0 Å². The van der Waals surface area contributed by atoms with Gasteiger partial charge in [-0.05, 0) is 26.1 Å². The zero-order chi connectivity index (χ0) is 12.0. The molecule has 0 aliphatic rings. The van der Waals surface area contributed by atoms with Crippen LogP contribution < -0.4 is 5.32 Å². The Kier molecular flexibility index (Phi) is 5.77. The Labute approximate surface area is 102 Å². The Morgan fingerprint density at radius 2 is 1.75 bits per heavy atom. The lowest BCUT2D eigenvalue weighted by Crippen LogP contribution is -2.16. The minimum atomic E-state index is 0.870. The highest BCUT2D eigenvalue weighted by molar-refractivity contribution is 7.98. The van der Waals surface area contributed by atoms with E-state index in [4.69, 9.17) is 0 Å². The maximum Gasteiger partial charge on any atom is 0.138 e. The second-order valence-corrected chi connectivity index (χ2v) is 4.98. The number of aromatic nitrogens is 2. The van der Waals surface area contributed by atoms with E-state index in [-0.39, 0.29) is 0 Å². The van der Waals surface area contributed by atoms with Crippen molar-refractivity contribution >= 4 is 11.8 Å². The fourth-order valence-corrected chi connectivity index (χ4v) is 2.09. The van der Waals surface area contributed by atoms with Gasteiger partial charge in [-0.1, -0.05) is 13.8 Å². The molecule has 1 aromatic heterocycles. The quantitative estimate of drug-likeness (QED) is 0.827. The molecule has 90 valence electrons. The first-order valence-corrected chi connectivity index (χ1v) is 6.95. The van der Waals surface area contributed by atoms with Crippen molar-refractivity contribution in [3.05, 3.63) is 22.8 Å². The van der Waals surface area contributed by atoms with Crippen LogP contribution in [0.5, 0.6) is 0 Å². The van der Waals surface area contributed by atoms with E-state index in [1.807, 2.05) is 11.8 Å². The van der Waals surface area contributed by atoms with Gasteiger partial charge >= 0.3 is 0 Å². The van der Waals surface area contributed by atoms with Gasteiger partial charge in [0.2, 0.25) is 0 Å². The largest absolute Gasteiger partial charge is 0.313 e. The summed E-state index contributed by atoms with van der Waals surface area (Å²) in [5.41, 5.74) is 3.47. The first kappa shape index (κ1) is 13.5. The zero-order valence-electron chi connectivity index (χ0n) is 10.6. The van der Waals surface area contributed by atoms with Gasteiger partial charge in [-0.15, -0.1) is 0 Å². The molecular weight excluding hydrogens is 218 g/mol. The molecule has 0 unspecified atom stereocenters. The summed E-state index contributed by atoms with van der Waals surface area (Å²) in [5, 5.41) is 3.32. The number of nitrogens with zero attached hydrogens (tertiary/aromatic N) is 2. The van der Waals surface area contributed by atoms with Crippen molar-refractivity contribution in [2.45, 2.75) is 40.0 Å². The van der Waals surface area contributed by atoms with E-state index < -0.39 is 0 Å². The van der Waals surface area contributed by atoms with Crippen molar-refractivity contribution in [2.75, 3.05) is 12.3 Å². The molecule has 0 aliphatic heterocycles. The summed E-state index contributed by atoms with van der Waals surface area (Å²) < 4.78 is 0. The summed E-state index contributed by atoms with van der Waals surface area (Å²) in [6.07, 6.45) is 0. The average Bonchev–Trinajstić information content (AvgIpc) is 2.25. The van der Waals surface area contributed by atoms with Crippen LogP contribution in [0.2, 0.25) is 0 Å². The first-order chi connectivity index (χ1) is 7.69. The molecule has 1 heterocycles. The lowest BCUT2D eigenvalue weighted by molar-refractivity contribution is 0.707. The summed E-state index contributed by atoms with van der Waals surface area (Å²) in [6, 6.07) is 0. The molecule has 1 aromatic rings. The number of thioether (sulfide) groups is 1. The van der Waals surface area contributed by atoms with Crippen LogP contribution in [-0.4, -0.2) is 22.3 Å². The molecule has 0 bridgehead atoms. The predicted octanol–water partition coefficient (Wildman–Crippen LogP) is 2.46. The minimum absolute atomic E-state index is 0.870. The van der Waals surface area contributed by atoms with Gasteiger partial charge in [-0.2, -0.15) is 11.8 Å². The number of hydrogen-bond donors (Lipinski definition) is 1. The standard InChI is InChI=1S/C12H21N3S/c1-5-13-7-11-9(3)14-12(8-16-6-2)15-10(11)4/h13H,5-8H2,1-4H3. The molecular formula is C12H21N3S. The SMILES string of the molecule is CCNCc1c(C)nc(CSCC)nc1C. The average molecular weight is 239 g/mol. The molecule has 0 aliphatic carbocycles. The monoisotopic (exact) mass is 239 g/mol. The van der Waals surface area contributed by atoms with Crippen LogP contribution in [0.25, 0.3) is 0 Å². The summed E-state index contributed by atoms with van der Waals surface area (Å²) in [6.45, 7) is 10.3. The highest BCUT2D eigenvalue weighted by atomic mass is 32.2. The van der Waals surface area contributed by atoms with E-state index in [1.54, 1.807) is 0 Å². The molecule has 0 amide bonds. The van der Waals surface area contributed by atoms with Crippen LogP contribution in [0.1, 0.15) is 36.6 Å². The number of hydrogen-bond acceptors (Lipinski definition) is 4. The lowest BCUT2D eigenvalue weighted by atomic mass is 10.1. The molecule has 0 saturated carbocycles. The molecule has 0 aromatic carbocycles. The van der Waals surface area contributed by atoms with Gasteiger partial charge in [-0.25, -0.2) is 9.97 Å². The third-order valence-corrected chi connectivity index (χ3v) is 3.32. The normalized spacial score (nSPS) is 10.8. The maximum absolute atomic E-state index is 4.55. The van der Waals surface area contributed by atoms with Gasteiger partial charge in [-0.3, -0.25) is 0 Å². The second-order valence-electron chi connectivity index (χ2n) is 3.71. The van der Waals surface area contributed by atoms with E-state index in [0.29, 0.717) is 0 Å². The van der Waals surface area contributed by atoms with Gasteiger partial charge in [0.15, 0.2) is 0 Å². The molecule has 4 heteroatoms. The zero-order valence-corrected chi connectivity index (χ0v) is 11.4. The van der Waals surface area contributed by atoms with Gasteiger partial charge in [0, 0.05) is 23.5 Å². The van der Waals surface area contributed by atoms with Gasteiger partial charge in [0.25, 0.3) is 0 Å². The molecule has 16 heavy (non-hydrogen) atoms. The lowest BCUT2D eigenvalue weighted by Gasteiger charge is -2.10. The van der Waals surface area contributed by atoms with Gasteiger partial charge in [0.1, 0.15) is 5.82 Å². The predicted molar refractivity (Wildman–Crippen MR) is 70.7 cm³/mol. The Morgan fingerprint density at radius 3 is 2.25 bits per heavy atom. The van der Waals surface area contributed by atoms with Crippen molar-refractivity contribution in [2.24, 2.45) is 0 Å². The third kappa shape index (κ3) is 3.76. The highest BCUT2D eigenvalue weighted by Crippen LogP contribution is 2.13. The molecule has 1 N–H and O–H groups in total. The van der Waals surface area contributed by atoms with Crippen LogP contribution in [0.15, 0.2) is 0 Å². The van der Waals surface area contributed by atoms with Crippen molar-refractivity contribution in [3.8, 4) is 0 Å². The summed E-state index contributed by atoms with van der Waals surface area (Å²) in [7, 11) is 0. The van der Waals surface area contributed by atoms with Crippen LogP contribution in [0, 0.1) is 13.8 Å². The molecule has 0 atom stereocenters. The van der Waals surface area contributed by atoms with Gasteiger partial charge in [0.05, 0.1) is 5.75 Å². The maximum atomic E-state index is 4.55. The Hall–Kier alpha value is -0.610. The number of aryl methyl sites for hydroxylation is 2. The molecule has 1 rings (SSSR count). The summed E-state index contributed by atoms with van der Waals surface area (Å²) in [4.78, 5) is 9.10. The van der Waals surface area contributed by atoms with Crippen LogP contribution >= 0.6 is 11.8 Å². The van der Waals surface area contributed by atoms with Crippen molar-refractivity contribution in [1.29, 1.82) is 0 Å². The second kappa shape index (κ2) is 6.86. The van der Waals surface area contributed by atoms with E-state index in [2.05, 4.69) is 43.0 Å². The first-order valence-electron chi connectivity index (χ1n) is 5.80. The number of rotatable bonds is 6.